The van der Waals surface area contributed by atoms with Gasteiger partial charge in [-0.3, -0.25) is 14.5 Å². The minimum absolute atomic E-state index is 0.0948. The highest BCUT2D eigenvalue weighted by atomic mass is 32.1. The molecule has 6 heteroatoms. The van der Waals surface area contributed by atoms with E-state index in [1.807, 2.05) is 53.9 Å². The SMILES string of the molecule is O=C(NC1CCCCC1)C(c1ccccc1)N(C(=O)Cc1cccs1)C1=C(F)CCC=C1. The molecule has 1 unspecified atom stereocenters. The first kappa shape index (κ1) is 22.5. The Morgan fingerprint density at radius 1 is 1.09 bits per heavy atom. The summed E-state index contributed by atoms with van der Waals surface area (Å²) < 4.78 is 15.0. The van der Waals surface area contributed by atoms with Crippen molar-refractivity contribution in [2.45, 2.75) is 63.5 Å². The van der Waals surface area contributed by atoms with Gasteiger partial charge in [0.15, 0.2) is 0 Å². The third-order valence-electron chi connectivity index (χ3n) is 6.09. The minimum Gasteiger partial charge on any atom is -0.351 e. The summed E-state index contributed by atoms with van der Waals surface area (Å²) in [5.41, 5.74) is 0.880. The highest BCUT2D eigenvalue weighted by molar-refractivity contribution is 7.10. The number of allylic oxidation sites excluding steroid dienone is 3. The Morgan fingerprint density at radius 2 is 1.88 bits per heavy atom. The molecule has 4 nitrogen and oxygen atoms in total. The number of hydrogen-bond donors (Lipinski definition) is 1. The first-order valence-corrected chi connectivity index (χ1v) is 12.3. The van der Waals surface area contributed by atoms with Crippen LogP contribution in [0.4, 0.5) is 4.39 Å². The fraction of sp³-hybridized carbons (Fsp3) is 0.385. The van der Waals surface area contributed by atoms with Crippen LogP contribution in [0.15, 0.2) is 71.5 Å². The van der Waals surface area contributed by atoms with Gasteiger partial charge in [0.2, 0.25) is 11.8 Å². The number of nitrogens with one attached hydrogen (secondary N) is 1. The molecule has 1 saturated carbocycles. The fourth-order valence-corrected chi connectivity index (χ4v) is 5.18. The number of amides is 2. The van der Waals surface area contributed by atoms with E-state index < -0.39 is 6.04 Å². The summed E-state index contributed by atoms with van der Waals surface area (Å²) in [5, 5.41) is 5.08. The summed E-state index contributed by atoms with van der Waals surface area (Å²) in [4.78, 5) is 29.5. The molecule has 1 atom stereocenters. The summed E-state index contributed by atoms with van der Waals surface area (Å²) in [7, 11) is 0. The molecule has 0 saturated heterocycles. The van der Waals surface area contributed by atoms with E-state index in [2.05, 4.69) is 5.32 Å². The largest absolute Gasteiger partial charge is 0.351 e. The second-order valence-corrected chi connectivity index (χ2v) is 9.44. The van der Waals surface area contributed by atoms with Crippen LogP contribution in [0.25, 0.3) is 0 Å². The maximum Gasteiger partial charge on any atom is 0.248 e. The summed E-state index contributed by atoms with van der Waals surface area (Å²) in [5.74, 6) is -0.878. The normalized spacial score (nSPS) is 17.8. The number of hydrogen-bond acceptors (Lipinski definition) is 3. The van der Waals surface area contributed by atoms with E-state index in [0.717, 1.165) is 30.6 Å². The second kappa shape index (κ2) is 10.7. The van der Waals surface area contributed by atoms with Crippen molar-refractivity contribution >= 4 is 23.2 Å². The lowest BCUT2D eigenvalue weighted by atomic mass is 9.94. The van der Waals surface area contributed by atoms with Gasteiger partial charge in [0.05, 0.1) is 12.1 Å². The van der Waals surface area contributed by atoms with Gasteiger partial charge in [0.1, 0.15) is 11.9 Å². The number of benzene rings is 1. The maximum absolute atomic E-state index is 15.0. The molecular weight excluding hydrogens is 423 g/mol. The molecule has 2 aliphatic rings. The lowest BCUT2D eigenvalue weighted by molar-refractivity contribution is -0.138. The van der Waals surface area contributed by atoms with Gasteiger partial charge in [-0.1, -0.05) is 61.7 Å². The van der Waals surface area contributed by atoms with Crippen LogP contribution in [-0.2, 0) is 16.0 Å². The van der Waals surface area contributed by atoms with Crippen molar-refractivity contribution in [1.82, 2.24) is 10.2 Å². The molecule has 2 aromatic rings. The summed E-state index contributed by atoms with van der Waals surface area (Å²) in [6.07, 6.45) is 9.70. The van der Waals surface area contributed by atoms with Gasteiger partial charge in [0, 0.05) is 17.3 Å². The lowest BCUT2D eigenvalue weighted by Crippen LogP contribution is -2.47. The van der Waals surface area contributed by atoms with Crippen LogP contribution in [-0.4, -0.2) is 22.8 Å². The Kier molecular flexibility index (Phi) is 7.53. The van der Waals surface area contributed by atoms with Crippen molar-refractivity contribution in [3.8, 4) is 0 Å². The van der Waals surface area contributed by atoms with E-state index in [1.54, 1.807) is 6.08 Å². The fourth-order valence-electron chi connectivity index (χ4n) is 4.48. The van der Waals surface area contributed by atoms with Crippen molar-refractivity contribution in [3.05, 3.63) is 82.0 Å². The molecule has 1 aromatic carbocycles. The van der Waals surface area contributed by atoms with Crippen LogP contribution >= 0.6 is 11.3 Å². The molecule has 2 amide bonds. The standard InChI is InChI=1S/C26H29FN2O2S/c27-22-15-7-8-16-23(22)29(24(30)18-21-14-9-17-32-21)25(19-10-3-1-4-11-19)26(31)28-20-12-5-2-6-13-20/h1,3-4,8-11,14,16-17,20,25H,2,5-7,12-13,15,18H2,(H,28,31). The molecule has 1 fully saturated rings. The first-order chi connectivity index (χ1) is 15.6. The third-order valence-corrected chi connectivity index (χ3v) is 6.97. The van der Waals surface area contributed by atoms with Crippen LogP contribution in [0, 0.1) is 0 Å². The van der Waals surface area contributed by atoms with Gasteiger partial charge in [0.25, 0.3) is 0 Å². The zero-order valence-corrected chi connectivity index (χ0v) is 19.0. The van der Waals surface area contributed by atoms with E-state index in [-0.39, 0.29) is 42.2 Å². The Labute approximate surface area is 192 Å². The molecule has 168 valence electrons. The van der Waals surface area contributed by atoms with Crippen molar-refractivity contribution in [2.75, 3.05) is 0 Å². The zero-order chi connectivity index (χ0) is 22.3. The summed E-state index contributed by atoms with van der Waals surface area (Å²) in [6.45, 7) is 0. The topological polar surface area (TPSA) is 49.4 Å². The molecule has 1 N–H and O–H groups in total. The van der Waals surface area contributed by atoms with E-state index in [9.17, 15) is 9.59 Å². The predicted octanol–water partition coefficient (Wildman–Crippen LogP) is 5.84. The molecule has 0 aliphatic heterocycles. The van der Waals surface area contributed by atoms with Crippen LogP contribution in [0.5, 0.6) is 0 Å². The molecule has 0 radical (unpaired) electrons. The summed E-state index contributed by atoms with van der Waals surface area (Å²) in [6, 6.07) is 12.2. The van der Waals surface area contributed by atoms with E-state index in [1.165, 1.54) is 22.7 Å². The monoisotopic (exact) mass is 452 g/mol. The van der Waals surface area contributed by atoms with Crippen molar-refractivity contribution in [3.63, 3.8) is 0 Å². The van der Waals surface area contributed by atoms with Crippen LogP contribution < -0.4 is 5.32 Å². The molecular formula is C26H29FN2O2S. The van der Waals surface area contributed by atoms with Gasteiger partial charge in [-0.15, -0.1) is 11.3 Å². The smallest absolute Gasteiger partial charge is 0.248 e. The molecule has 0 spiro atoms. The van der Waals surface area contributed by atoms with Crippen LogP contribution in [0.1, 0.15) is 61.4 Å². The van der Waals surface area contributed by atoms with Crippen molar-refractivity contribution in [1.29, 1.82) is 0 Å². The van der Waals surface area contributed by atoms with Gasteiger partial charge >= 0.3 is 0 Å². The highest BCUT2D eigenvalue weighted by Crippen LogP contribution is 2.33. The third kappa shape index (κ3) is 5.36. The molecule has 4 rings (SSSR count). The van der Waals surface area contributed by atoms with Crippen LogP contribution in [0.3, 0.4) is 0 Å². The number of carbonyl (C=O) groups is 2. The van der Waals surface area contributed by atoms with E-state index in [4.69, 9.17) is 0 Å². The number of halogens is 1. The van der Waals surface area contributed by atoms with E-state index in [0.29, 0.717) is 12.0 Å². The molecule has 2 aliphatic carbocycles. The molecule has 0 bridgehead atoms. The molecule has 1 aromatic heterocycles. The number of nitrogens with zero attached hydrogens (tertiary/aromatic N) is 1. The maximum atomic E-state index is 15.0. The predicted molar refractivity (Wildman–Crippen MR) is 126 cm³/mol. The van der Waals surface area contributed by atoms with Gasteiger partial charge in [-0.25, -0.2) is 4.39 Å². The Bertz CT molecular complexity index is 979. The van der Waals surface area contributed by atoms with Crippen molar-refractivity contribution < 1.29 is 14.0 Å². The van der Waals surface area contributed by atoms with Gasteiger partial charge < -0.3 is 5.32 Å². The molecule has 1 heterocycles. The highest BCUT2D eigenvalue weighted by Gasteiger charge is 2.36. The second-order valence-electron chi connectivity index (χ2n) is 8.41. The van der Waals surface area contributed by atoms with Gasteiger partial charge in [-0.2, -0.15) is 0 Å². The average Bonchev–Trinajstić information content (AvgIpc) is 3.32. The van der Waals surface area contributed by atoms with Crippen LogP contribution in [0.2, 0.25) is 0 Å². The minimum atomic E-state index is -0.922. The first-order valence-electron chi connectivity index (χ1n) is 11.4. The number of rotatable bonds is 7. The zero-order valence-electron chi connectivity index (χ0n) is 18.1. The Balaban J connectivity index is 1.72. The van der Waals surface area contributed by atoms with Crippen molar-refractivity contribution in [2.24, 2.45) is 0 Å². The Hall–Kier alpha value is -2.73. The van der Waals surface area contributed by atoms with E-state index >= 15 is 4.39 Å². The average molecular weight is 453 g/mol. The van der Waals surface area contributed by atoms with Gasteiger partial charge in [-0.05, 0) is 42.3 Å². The summed E-state index contributed by atoms with van der Waals surface area (Å²) >= 11 is 1.48. The molecule has 32 heavy (non-hydrogen) atoms. The quantitative estimate of drug-likeness (QED) is 0.574. The lowest BCUT2D eigenvalue weighted by Gasteiger charge is -2.34. The Morgan fingerprint density at radius 3 is 2.56 bits per heavy atom. The number of carbonyl (C=O) groups excluding carboxylic acids is 2. The number of thiophene rings is 1.